The Balaban J connectivity index is 1.89. The van der Waals surface area contributed by atoms with Crippen molar-refractivity contribution in [1.29, 1.82) is 0 Å². The molecule has 1 unspecified atom stereocenters. The van der Waals surface area contributed by atoms with E-state index in [2.05, 4.69) is 0 Å². The summed E-state index contributed by atoms with van der Waals surface area (Å²) in [6, 6.07) is 13.2. The Kier molecular flexibility index (Phi) is 4.64. The number of nitrogens with zero attached hydrogens (tertiary/aromatic N) is 1. The molecule has 5 heteroatoms. The van der Waals surface area contributed by atoms with Crippen LogP contribution in [0.4, 0.5) is 0 Å². The van der Waals surface area contributed by atoms with Gasteiger partial charge in [-0.25, -0.2) is 0 Å². The van der Waals surface area contributed by atoms with Crippen LogP contribution in [0, 0.1) is 29.4 Å². The standard InChI is InChI=1S/C24H25NO4/c1-16-6-9-18(10-7-16)19-11-8-17(2)20(14-19)24(25(28)29)21(26)15-23(22(24)27)12-4-3-5-13-23/h6-11,14H,3-5,12-13,15H2,1-2H3. The third-order valence-electron chi connectivity index (χ3n) is 6.81. The molecule has 0 bridgehead atoms. The first-order valence-electron chi connectivity index (χ1n) is 10.2. The van der Waals surface area contributed by atoms with Crippen molar-refractivity contribution in [2.45, 2.75) is 57.9 Å². The first kappa shape index (κ1) is 19.5. The summed E-state index contributed by atoms with van der Waals surface area (Å²) < 4.78 is 0. The molecular formula is C24H25NO4. The van der Waals surface area contributed by atoms with Crippen molar-refractivity contribution in [3.63, 3.8) is 0 Å². The van der Waals surface area contributed by atoms with Gasteiger partial charge in [-0.3, -0.25) is 19.7 Å². The molecule has 1 atom stereocenters. The minimum Gasteiger partial charge on any atom is -0.291 e. The van der Waals surface area contributed by atoms with Gasteiger partial charge in [0.05, 0.1) is 0 Å². The maximum atomic E-state index is 13.6. The predicted molar refractivity (Wildman–Crippen MR) is 110 cm³/mol. The molecule has 29 heavy (non-hydrogen) atoms. The lowest BCUT2D eigenvalue weighted by Gasteiger charge is -2.31. The van der Waals surface area contributed by atoms with Gasteiger partial charge in [-0.15, -0.1) is 0 Å². The van der Waals surface area contributed by atoms with E-state index in [0.717, 1.165) is 36.0 Å². The molecule has 2 saturated carbocycles. The van der Waals surface area contributed by atoms with Crippen molar-refractivity contribution >= 4 is 11.6 Å². The number of hydrogen-bond acceptors (Lipinski definition) is 4. The lowest BCUT2D eigenvalue weighted by molar-refractivity contribution is -0.542. The quantitative estimate of drug-likeness (QED) is 0.422. The highest BCUT2D eigenvalue weighted by molar-refractivity contribution is 6.19. The zero-order chi connectivity index (χ0) is 20.8. The monoisotopic (exact) mass is 391 g/mol. The maximum absolute atomic E-state index is 13.6. The summed E-state index contributed by atoms with van der Waals surface area (Å²) >= 11 is 0. The molecule has 0 N–H and O–H groups in total. The Morgan fingerprint density at radius 3 is 2.14 bits per heavy atom. The van der Waals surface area contributed by atoms with E-state index < -0.39 is 27.4 Å². The Morgan fingerprint density at radius 1 is 0.897 bits per heavy atom. The summed E-state index contributed by atoms with van der Waals surface area (Å²) in [5.74, 6) is -1.05. The predicted octanol–water partition coefficient (Wildman–Crippen LogP) is 4.93. The number of carbonyl (C=O) groups is 2. The van der Waals surface area contributed by atoms with Crippen LogP contribution in [0.3, 0.4) is 0 Å². The fourth-order valence-electron chi connectivity index (χ4n) is 5.15. The minimum absolute atomic E-state index is 0.0129. The summed E-state index contributed by atoms with van der Waals surface area (Å²) in [6.07, 6.45) is 3.83. The second kappa shape index (κ2) is 6.90. The van der Waals surface area contributed by atoms with E-state index in [9.17, 15) is 19.7 Å². The van der Waals surface area contributed by atoms with E-state index in [0.29, 0.717) is 18.4 Å². The number of ketones is 2. The smallest absolute Gasteiger partial charge is 0.291 e. The molecule has 2 aliphatic carbocycles. The van der Waals surface area contributed by atoms with Crippen LogP contribution in [0.5, 0.6) is 0 Å². The van der Waals surface area contributed by atoms with Crippen LogP contribution in [-0.2, 0) is 15.1 Å². The number of rotatable bonds is 3. The molecule has 5 nitrogen and oxygen atoms in total. The molecule has 0 aromatic heterocycles. The van der Waals surface area contributed by atoms with Crippen molar-refractivity contribution in [3.05, 3.63) is 69.3 Å². The van der Waals surface area contributed by atoms with Crippen molar-refractivity contribution in [2.75, 3.05) is 0 Å². The van der Waals surface area contributed by atoms with Crippen LogP contribution in [0.1, 0.15) is 55.2 Å². The Morgan fingerprint density at radius 2 is 1.52 bits per heavy atom. The van der Waals surface area contributed by atoms with E-state index in [-0.39, 0.29) is 12.0 Å². The third-order valence-corrected chi connectivity index (χ3v) is 6.81. The van der Waals surface area contributed by atoms with E-state index in [1.54, 1.807) is 19.1 Å². The second-order valence-corrected chi connectivity index (χ2v) is 8.63. The fourth-order valence-corrected chi connectivity index (χ4v) is 5.15. The first-order chi connectivity index (χ1) is 13.8. The highest BCUT2D eigenvalue weighted by Gasteiger charge is 2.71. The average molecular weight is 391 g/mol. The first-order valence-corrected chi connectivity index (χ1v) is 10.2. The molecule has 2 aliphatic rings. The van der Waals surface area contributed by atoms with Gasteiger partial charge in [0.1, 0.15) is 0 Å². The van der Waals surface area contributed by atoms with Crippen molar-refractivity contribution in [3.8, 4) is 11.1 Å². The van der Waals surface area contributed by atoms with Gasteiger partial charge < -0.3 is 0 Å². The van der Waals surface area contributed by atoms with Gasteiger partial charge in [0.15, 0.2) is 0 Å². The number of benzene rings is 2. The minimum atomic E-state index is -2.28. The number of carbonyl (C=O) groups excluding carboxylic acids is 2. The summed E-state index contributed by atoms with van der Waals surface area (Å²) in [6.45, 7) is 3.73. The lowest BCUT2D eigenvalue weighted by atomic mass is 9.70. The van der Waals surface area contributed by atoms with E-state index in [1.807, 2.05) is 37.3 Å². The Hall–Kier alpha value is -2.82. The zero-order valence-electron chi connectivity index (χ0n) is 16.9. The van der Waals surface area contributed by atoms with Crippen LogP contribution < -0.4 is 0 Å². The number of nitro groups is 1. The fraction of sp³-hybridized carbons (Fsp3) is 0.417. The van der Waals surface area contributed by atoms with Gasteiger partial charge in [-0.05, 0) is 49.4 Å². The van der Waals surface area contributed by atoms with Crippen LogP contribution in [0.15, 0.2) is 42.5 Å². The van der Waals surface area contributed by atoms with E-state index in [4.69, 9.17) is 0 Å². The highest BCUT2D eigenvalue weighted by atomic mass is 16.6. The maximum Gasteiger partial charge on any atom is 0.362 e. The van der Waals surface area contributed by atoms with Gasteiger partial charge in [0.2, 0.25) is 11.6 Å². The van der Waals surface area contributed by atoms with Crippen molar-refractivity contribution < 1.29 is 14.5 Å². The topological polar surface area (TPSA) is 77.3 Å². The molecule has 0 heterocycles. The molecule has 2 aromatic carbocycles. The number of hydrogen-bond donors (Lipinski definition) is 0. The van der Waals surface area contributed by atoms with Gasteiger partial charge >= 0.3 is 5.54 Å². The number of aryl methyl sites for hydroxylation is 2. The summed E-state index contributed by atoms with van der Waals surface area (Å²) in [5.41, 5.74) is 0.489. The Bertz CT molecular complexity index is 1000. The van der Waals surface area contributed by atoms with Gasteiger partial charge in [-0.2, -0.15) is 0 Å². The lowest BCUT2D eigenvalue weighted by Crippen LogP contribution is -2.49. The molecule has 0 amide bonds. The van der Waals surface area contributed by atoms with Crippen LogP contribution >= 0.6 is 0 Å². The molecule has 0 radical (unpaired) electrons. The molecule has 2 fully saturated rings. The van der Waals surface area contributed by atoms with Crippen LogP contribution in [-0.4, -0.2) is 16.5 Å². The van der Waals surface area contributed by atoms with Gasteiger partial charge in [0.25, 0.3) is 0 Å². The highest BCUT2D eigenvalue weighted by Crippen LogP contribution is 2.53. The van der Waals surface area contributed by atoms with Crippen LogP contribution in [0.2, 0.25) is 0 Å². The van der Waals surface area contributed by atoms with Gasteiger partial charge in [0, 0.05) is 22.3 Å². The van der Waals surface area contributed by atoms with Gasteiger partial charge in [-0.1, -0.05) is 61.2 Å². The summed E-state index contributed by atoms with van der Waals surface area (Å²) in [7, 11) is 0. The largest absolute Gasteiger partial charge is 0.362 e. The van der Waals surface area contributed by atoms with E-state index >= 15 is 0 Å². The second-order valence-electron chi connectivity index (χ2n) is 8.63. The summed E-state index contributed by atoms with van der Waals surface area (Å²) in [5, 5.41) is 12.4. The van der Waals surface area contributed by atoms with Crippen molar-refractivity contribution in [2.24, 2.45) is 5.41 Å². The summed E-state index contributed by atoms with van der Waals surface area (Å²) in [4.78, 5) is 38.6. The molecule has 150 valence electrons. The Labute approximate surface area is 170 Å². The zero-order valence-corrected chi connectivity index (χ0v) is 16.9. The van der Waals surface area contributed by atoms with Crippen LogP contribution in [0.25, 0.3) is 11.1 Å². The molecule has 4 rings (SSSR count). The molecule has 2 aromatic rings. The third kappa shape index (κ3) is 2.83. The normalized spacial score (nSPS) is 23.5. The average Bonchev–Trinajstić information content (AvgIpc) is 2.91. The molecule has 0 saturated heterocycles. The number of Topliss-reactive ketones (excluding diaryl/α,β-unsaturated/α-hetero) is 2. The SMILES string of the molecule is Cc1ccc(-c2ccc(C)c(C3([N+](=O)[O-])C(=O)CC4(CCCCC4)C3=O)c2)cc1. The molecule has 1 spiro atoms. The molecule has 0 aliphatic heterocycles. The van der Waals surface area contributed by atoms with Crippen molar-refractivity contribution in [1.82, 2.24) is 0 Å². The molecular weight excluding hydrogens is 366 g/mol. The van der Waals surface area contributed by atoms with E-state index in [1.165, 1.54) is 0 Å².